The van der Waals surface area contributed by atoms with Crippen LogP contribution in [-0.2, 0) is 4.74 Å². The predicted octanol–water partition coefficient (Wildman–Crippen LogP) is 3.23. The van der Waals surface area contributed by atoms with E-state index in [1.54, 1.807) is 6.26 Å². The number of ether oxygens (including phenoxy) is 1. The van der Waals surface area contributed by atoms with E-state index in [-0.39, 0.29) is 6.04 Å². The van der Waals surface area contributed by atoms with Gasteiger partial charge in [0, 0.05) is 22.4 Å². The van der Waals surface area contributed by atoms with Gasteiger partial charge in [-0.05, 0) is 18.2 Å². The highest BCUT2D eigenvalue weighted by molar-refractivity contribution is 5.92. The van der Waals surface area contributed by atoms with Crippen molar-refractivity contribution >= 4 is 11.3 Å². The molecule has 0 bridgehead atoms. The molecule has 2 aliphatic heterocycles. The Labute approximate surface area is 99.6 Å². The molecule has 2 heteroatoms. The summed E-state index contributed by atoms with van der Waals surface area (Å²) in [6, 6.07) is 8.61. The van der Waals surface area contributed by atoms with Gasteiger partial charge in [-0.25, -0.2) is 0 Å². The van der Waals surface area contributed by atoms with Crippen molar-refractivity contribution in [2.75, 3.05) is 5.32 Å². The average molecular weight is 221 g/mol. The Morgan fingerprint density at radius 3 is 3.12 bits per heavy atom. The molecule has 0 amide bonds. The van der Waals surface area contributed by atoms with Crippen LogP contribution in [0.15, 0.2) is 66.2 Å². The molecule has 1 aromatic rings. The summed E-state index contributed by atoms with van der Waals surface area (Å²) >= 11 is 0. The second-order valence-electron chi connectivity index (χ2n) is 4.34. The maximum Gasteiger partial charge on any atom is 0.139 e. The SMILES string of the molecule is C1=COC2=C3c4ccccc4NC3C=CC2=C1. The zero-order valence-electron chi connectivity index (χ0n) is 9.18. The summed E-state index contributed by atoms with van der Waals surface area (Å²) in [5.41, 5.74) is 4.83. The van der Waals surface area contributed by atoms with Crippen molar-refractivity contribution in [3.63, 3.8) is 0 Å². The first kappa shape index (κ1) is 8.88. The van der Waals surface area contributed by atoms with Gasteiger partial charge in [-0.1, -0.05) is 30.4 Å². The van der Waals surface area contributed by atoms with E-state index in [1.807, 2.05) is 6.08 Å². The molecule has 82 valence electrons. The third-order valence-corrected chi connectivity index (χ3v) is 3.35. The third kappa shape index (κ3) is 1.15. The average Bonchev–Trinajstić information content (AvgIpc) is 2.77. The van der Waals surface area contributed by atoms with Crippen molar-refractivity contribution in [1.29, 1.82) is 0 Å². The van der Waals surface area contributed by atoms with Crippen molar-refractivity contribution in [3.05, 3.63) is 71.7 Å². The zero-order chi connectivity index (χ0) is 11.2. The molecule has 3 aliphatic rings. The lowest BCUT2D eigenvalue weighted by atomic mass is 9.92. The Morgan fingerprint density at radius 2 is 2.12 bits per heavy atom. The number of rotatable bonds is 0. The maximum absolute atomic E-state index is 5.69. The first-order chi connectivity index (χ1) is 8.43. The van der Waals surface area contributed by atoms with Crippen molar-refractivity contribution in [2.24, 2.45) is 0 Å². The molecule has 1 unspecified atom stereocenters. The molecule has 2 nitrogen and oxygen atoms in total. The molecule has 0 fully saturated rings. The number of allylic oxidation sites excluding steroid dienone is 3. The monoisotopic (exact) mass is 221 g/mol. The van der Waals surface area contributed by atoms with Crippen molar-refractivity contribution in [3.8, 4) is 0 Å². The van der Waals surface area contributed by atoms with Crippen LogP contribution in [0.3, 0.4) is 0 Å². The lowest BCUT2D eigenvalue weighted by molar-refractivity contribution is 0.359. The summed E-state index contributed by atoms with van der Waals surface area (Å²) in [6.07, 6.45) is 10.1. The number of benzene rings is 1. The van der Waals surface area contributed by atoms with Gasteiger partial charge in [-0.15, -0.1) is 0 Å². The van der Waals surface area contributed by atoms with Crippen LogP contribution in [0, 0.1) is 0 Å². The summed E-state index contributed by atoms with van der Waals surface area (Å²) < 4.78 is 5.69. The van der Waals surface area contributed by atoms with E-state index in [4.69, 9.17) is 4.74 Å². The summed E-state index contributed by atoms with van der Waals surface area (Å²) in [5.74, 6) is 0.984. The van der Waals surface area contributed by atoms with Gasteiger partial charge in [0.1, 0.15) is 5.76 Å². The summed E-state index contributed by atoms with van der Waals surface area (Å²) in [5, 5.41) is 3.49. The number of hydrogen-bond donors (Lipinski definition) is 1. The number of para-hydroxylation sites is 1. The fraction of sp³-hybridized carbons (Fsp3) is 0.0667. The Kier molecular flexibility index (Phi) is 1.64. The van der Waals surface area contributed by atoms with E-state index >= 15 is 0 Å². The Bertz CT molecular complexity index is 620. The van der Waals surface area contributed by atoms with Crippen LogP contribution < -0.4 is 5.32 Å². The van der Waals surface area contributed by atoms with Crippen molar-refractivity contribution in [1.82, 2.24) is 0 Å². The maximum atomic E-state index is 5.69. The van der Waals surface area contributed by atoms with Crippen LogP contribution in [0.4, 0.5) is 5.69 Å². The molecule has 1 aliphatic carbocycles. The minimum Gasteiger partial charge on any atom is -0.464 e. The molecule has 1 aromatic carbocycles. The molecule has 1 atom stereocenters. The highest BCUT2D eigenvalue weighted by atomic mass is 16.5. The summed E-state index contributed by atoms with van der Waals surface area (Å²) in [4.78, 5) is 0. The van der Waals surface area contributed by atoms with E-state index in [2.05, 4.69) is 47.8 Å². The highest BCUT2D eigenvalue weighted by Gasteiger charge is 2.31. The van der Waals surface area contributed by atoms with E-state index in [0.717, 1.165) is 11.3 Å². The number of nitrogens with one attached hydrogen (secondary N) is 1. The number of anilines is 1. The van der Waals surface area contributed by atoms with E-state index < -0.39 is 0 Å². The Balaban J connectivity index is 1.98. The molecule has 17 heavy (non-hydrogen) atoms. The van der Waals surface area contributed by atoms with E-state index in [1.165, 1.54) is 16.8 Å². The van der Waals surface area contributed by atoms with Gasteiger partial charge in [-0.2, -0.15) is 0 Å². The van der Waals surface area contributed by atoms with Crippen LogP contribution in [-0.4, -0.2) is 6.04 Å². The van der Waals surface area contributed by atoms with E-state index in [9.17, 15) is 0 Å². The molecule has 0 radical (unpaired) electrons. The van der Waals surface area contributed by atoms with Gasteiger partial charge < -0.3 is 10.1 Å². The van der Waals surface area contributed by atoms with Crippen LogP contribution >= 0.6 is 0 Å². The van der Waals surface area contributed by atoms with E-state index in [0.29, 0.717) is 0 Å². The van der Waals surface area contributed by atoms with Gasteiger partial charge in [0.2, 0.25) is 0 Å². The molecule has 0 spiro atoms. The zero-order valence-corrected chi connectivity index (χ0v) is 9.18. The minimum atomic E-state index is 0.242. The lowest BCUT2D eigenvalue weighted by Crippen LogP contribution is -2.17. The van der Waals surface area contributed by atoms with Gasteiger partial charge in [-0.3, -0.25) is 0 Å². The fourth-order valence-corrected chi connectivity index (χ4v) is 2.60. The number of fused-ring (bicyclic) bond motifs is 4. The Morgan fingerprint density at radius 1 is 1.18 bits per heavy atom. The molecular weight excluding hydrogens is 210 g/mol. The standard InChI is InChI=1S/C15H11NO/c1-2-6-12-11(5-1)14-13(16-12)8-7-10-4-3-9-17-15(10)14/h1-9,13,16H. The largest absolute Gasteiger partial charge is 0.464 e. The fourth-order valence-electron chi connectivity index (χ4n) is 2.60. The lowest BCUT2D eigenvalue weighted by Gasteiger charge is -2.21. The molecule has 2 heterocycles. The van der Waals surface area contributed by atoms with Crippen LogP contribution in [0.1, 0.15) is 5.56 Å². The Hall–Kier alpha value is -2.22. The molecule has 0 saturated carbocycles. The highest BCUT2D eigenvalue weighted by Crippen LogP contribution is 2.42. The molecular formula is C15H11NO. The van der Waals surface area contributed by atoms with Crippen LogP contribution in [0.2, 0.25) is 0 Å². The van der Waals surface area contributed by atoms with Crippen molar-refractivity contribution in [2.45, 2.75) is 6.04 Å². The van der Waals surface area contributed by atoms with Gasteiger partial charge in [0.15, 0.2) is 0 Å². The molecule has 4 rings (SSSR count). The summed E-state index contributed by atoms with van der Waals surface area (Å²) in [6.45, 7) is 0. The second kappa shape index (κ2) is 3.14. The van der Waals surface area contributed by atoms with Crippen LogP contribution in [0.25, 0.3) is 5.57 Å². The molecule has 0 saturated heterocycles. The van der Waals surface area contributed by atoms with Gasteiger partial charge >= 0.3 is 0 Å². The molecule has 1 N–H and O–H groups in total. The topological polar surface area (TPSA) is 21.3 Å². The normalized spacial score (nSPS) is 23.3. The predicted molar refractivity (Wildman–Crippen MR) is 68.2 cm³/mol. The van der Waals surface area contributed by atoms with Crippen LogP contribution in [0.5, 0.6) is 0 Å². The number of hydrogen-bond acceptors (Lipinski definition) is 2. The summed E-state index contributed by atoms with van der Waals surface area (Å²) in [7, 11) is 0. The molecule has 0 aromatic heterocycles. The third-order valence-electron chi connectivity index (χ3n) is 3.35. The quantitative estimate of drug-likeness (QED) is 0.726. The second-order valence-corrected chi connectivity index (χ2v) is 4.34. The van der Waals surface area contributed by atoms with Crippen molar-refractivity contribution < 1.29 is 4.74 Å². The first-order valence-electron chi connectivity index (χ1n) is 5.76. The first-order valence-corrected chi connectivity index (χ1v) is 5.76. The van der Waals surface area contributed by atoms with Gasteiger partial charge in [0.25, 0.3) is 0 Å². The minimum absolute atomic E-state index is 0.242. The van der Waals surface area contributed by atoms with Gasteiger partial charge in [0.05, 0.1) is 12.3 Å². The smallest absolute Gasteiger partial charge is 0.139 e.